The Kier molecular flexibility index (Phi) is 12.8. The molecule has 0 amide bonds. The Morgan fingerprint density at radius 3 is 1.19 bits per heavy atom. The van der Waals surface area contributed by atoms with Crippen LogP contribution in [0.4, 0.5) is 0 Å². The van der Waals surface area contributed by atoms with Crippen LogP contribution in [0, 0.1) is 0 Å². The van der Waals surface area contributed by atoms with E-state index in [0.29, 0.717) is 17.5 Å². The summed E-state index contributed by atoms with van der Waals surface area (Å²) >= 11 is 0. The van der Waals surface area contributed by atoms with E-state index in [9.17, 15) is 0 Å². The second kappa shape index (κ2) is 23.1. The molecule has 107 heavy (non-hydrogen) atoms. The predicted molar refractivity (Wildman–Crippen MR) is 445 cm³/mol. The Morgan fingerprint density at radius 2 is 0.626 bits per heavy atom. The Morgan fingerprint density at radius 1 is 0.234 bits per heavy atom. The highest BCUT2D eigenvalue weighted by Gasteiger charge is 2.35. The molecule has 9 heteroatoms. The SMILES string of the molecule is c1ccc(-c2nc(-c3ccccc3)nc(-c3cc4c5ccccc5n5c6ccccc6c(c3)c45)n2)cc1.c1ccc(B2c3ccccc3-c3cc(-c4ccc5c(c4)c4cccc6c7ccccc7n5c64)cnc32)cc1.c1ccc2c(c1)oc1cc(-c3cc4c5ccccc5n5c6ccccc6c(c3)c45)ccc12. The van der Waals surface area contributed by atoms with Gasteiger partial charge in [0.25, 0.3) is 6.71 Å². The van der Waals surface area contributed by atoms with E-state index in [2.05, 4.69) is 292 Å². The Hall–Kier alpha value is -14.3. The number of benzene rings is 15. The molecule has 0 spiro atoms. The Labute approximate surface area is 612 Å². The van der Waals surface area contributed by atoms with E-state index in [4.69, 9.17) is 24.4 Å². The maximum absolute atomic E-state index is 6.18. The van der Waals surface area contributed by atoms with Crippen LogP contribution in [0.5, 0.6) is 0 Å². The monoisotopic (exact) mass is 1360 g/mol. The quantitative estimate of drug-likeness (QED) is 0.155. The van der Waals surface area contributed by atoms with Crippen molar-refractivity contribution >= 4 is 159 Å². The summed E-state index contributed by atoms with van der Waals surface area (Å²) < 4.78 is 13.4. The van der Waals surface area contributed by atoms with Crippen molar-refractivity contribution in [3.63, 3.8) is 0 Å². The molecule has 24 aromatic rings. The highest BCUT2D eigenvalue weighted by Crippen LogP contribution is 2.46. The van der Waals surface area contributed by atoms with E-state index in [0.717, 1.165) is 44.4 Å². The van der Waals surface area contributed by atoms with Gasteiger partial charge in [0.1, 0.15) is 11.2 Å². The van der Waals surface area contributed by atoms with Crippen LogP contribution < -0.4 is 16.5 Å². The van der Waals surface area contributed by atoms with Gasteiger partial charge in [0.05, 0.1) is 49.7 Å². The van der Waals surface area contributed by atoms with Crippen molar-refractivity contribution in [2.45, 2.75) is 0 Å². The first kappa shape index (κ1) is 59.3. The molecule has 0 aliphatic carbocycles. The topological polar surface area (TPSA) is 77.9 Å². The number of aromatic nitrogens is 7. The Bertz CT molecular complexity index is 7480. The zero-order valence-electron chi connectivity index (χ0n) is 57.6. The summed E-state index contributed by atoms with van der Waals surface area (Å²) in [5, 5.41) is 17.6. The third-order valence-electron chi connectivity index (χ3n) is 22.5. The van der Waals surface area contributed by atoms with E-state index < -0.39 is 0 Å². The van der Waals surface area contributed by atoms with Crippen molar-refractivity contribution in [2.75, 3.05) is 0 Å². The predicted octanol–water partition coefficient (Wildman–Crippen LogP) is 22.8. The highest BCUT2D eigenvalue weighted by atomic mass is 16.3. The first-order valence-corrected chi connectivity index (χ1v) is 36.5. The van der Waals surface area contributed by atoms with Crippen LogP contribution in [0.25, 0.3) is 204 Å². The van der Waals surface area contributed by atoms with Crippen molar-refractivity contribution in [2.24, 2.45) is 0 Å². The fourth-order valence-electron chi connectivity index (χ4n) is 17.9. The van der Waals surface area contributed by atoms with Gasteiger partial charge >= 0.3 is 0 Å². The van der Waals surface area contributed by atoms with Crippen molar-refractivity contribution in [3.05, 3.63) is 352 Å². The fraction of sp³-hybridized carbons (Fsp3) is 0. The molecule has 0 bridgehead atoms. The van der Waals surface area contributed by atoms with E-state index in [1.165, 1.54) is 158 Å². The van der Waals surface area contributed by atoms with Gasteiger partial charge in [-0.2, -0.15) is 0 Å². The molecule has 0 saturated carbocycles. The lowest BCUT2D eigenvalue weighted by Gasteiger charge is -2.10. The van der Waals surface area contributed by atoms with Crippen LogP contribution >= 0.6 is 0 Å². The average Bonchev–Trinajstić information content (AvgIpc) is 1.55. The summed E-state index contributed by atoms with van der Waals surface area (Å²) in [4.78, 5) is 19.9. The van der Waals surface area contributed by atoms with Crippen LogP contribution in [0.3, 0.4) is 0 Å². The highest BCUT2D eigenvalue weighted by molar-refractivity contribution is 6.98. The van der Waals surface area contributed by atoms with Gasteiger partial charge in [-0.15, -0.1) is 0 Å². The minimum Gasteiger partial charge on any atom is -0.456 e. The summed E-state index contributed by atoms with van der Waals surface area (Å²) in [5.41, 5.74) is 27.2. The standard InChI is InChI=1S/C35H21BN2.C33H20N4.C30H17NO/c1-2-9-24(10-3-1)36-31-15-6-4-11-25(31)30-20-23(21-37-35(30)36)22-17-18-33-29(19-22)28-14-8-13-27-26-12-5-7-16-32(26)38(33)34(27)28;1-3-11-21(12-4-1)31-34-32(22-13-5-2-6-14-22)36-33(35-31)23-19-26-24-15-7-9-17-28(24)37-29-18-10-8-16-25(29)27(20-23)30(26)37;1-4-10-26-20(7-1)24-15-19(16-25-21-8-2-5-11-27(21)31(26)30(24)25)18-13-14-23-22-9-3-6-12-28(22)32-29(23)17-18/h1-21H;1-20H;1-17H. The number of para-hydroxylation sites is 7. The van der Waals surface area contributed by atoms with Crippen LogP contribution in [-0.2, 0) is 0 Å². The van der Waals surface area contributed by atoms with E-state index in [1.807, 2.05) is 72.8 Å². The first-order valence-electron chi connectivity index (χ1n) is 36.5. The molecule has 0 N–H and O–H groups in total. The summed E-state index contributed by atoms with van der Waals surface area (Å²) in [7, 11) is 0. The van der Waals surface area contributed by atoms with Gasteiger partial charge in [0, 0.05) is 109 Å². The first-order chi connectivity index (χ1) is 53.1. The molecule has 15 aromatic carbocycles. The van der Waals surface area contributed by atoms with Crippen LogP contribution in [0.15, 0.2) is 356 Å². The molecule has 10 heterocycles. The molecule has 0 atom stereocenters. The molecule has 0 radical (unpaired) electrons. The normalized spacial score (nSPS) is 12.3. The average molecular weight is 1360 g/mol. The molecule has 1 aliphatic rings. The van der Waals surface area contributed by atoms with Gasteiger partial charge in [-0.3, -0.25) is 4.98 Å². The van der Waals surface area contributed by atoms with Gasteiger partial charge in [-0.1, -0.05) is 266 Å². The number of rotatable bonds is 6. The lowest BCUT2D eigenvalue weighted by molar-refractivity contribution is 0.669. The summed E-state index contributed by atoms with van der Waals surface area (Å²) in [6.07, 6.45) is 2.06. The second-order valence-corrected chi connectivity index (χ2v) is 28.3. The molecule has 8 nitrogen and oxygen atoms in total. The molecule has 494 valence electrons. The minimum atomic E-state index is 0.174. The van der Waals surface area contributed by atoms with Crippen LogP contribution in [0.2, 0.25) is 0 Å². The maximum atomic E-state index is 6.18. The summed E-state index contributed by atoms with van der Waals surface area (Å²) in [5.74, 6) is 2.01. The Balaban J connectivity index is 0.0000000976. The molecule has 0 unspecified atom stereocenters. The number of hydrogen-bond donors (Lipinski definition) is 0. The summed E-state index contributed by atoms with van der Waals surface area (Å²) in [6, 6.07) is 123. The van der Waals surface area contributed by atoms with Crippen molar-refractivity contribution in [1.29, 1.82) is 0 Å². The van der Waals surface area contributed by atoms with E-state index in [1.54, 1.807) is 0 Å². The number of furan rings is 1. The van der Waals surface area contributed by atoms with Crippen molar-refractivity contribution < 1.29 is 4.42 Å². The lowest BCUT2D eigenvalue weighted by atomic mass is 9.40. The number of pyridine rings is 1. The van der Waals surface area contributed by atoms with Crippen molar-refractivity contribution in [3.8, 4) is 67.5 Å². The molecule has 0 saturated heterocycles. The third-order valence-corrected chi connectivity index (χ3v) is 22.5. The smallest absolute Gasteiger partial charge is 0.266 e. The number of fused-ring (bicyclic) bond motifs is 24. The zero-order valence-corrected chi connectivity index (χ0v) is 57.6. The molecule has 1 aliphatic heterocycles. The second-order valence-electron chi connectivity index (χ2n) is 28.3. The van der Waals surface area contributed by atoms with Gasteiger partial charge in [-0.05, 0) is 119 Å². The van der Waals surface area contributed by atoms with Crippen LogP contribution in [-0.4, -0.2) is 39.9 Å². The van der Waals surface area contributed by atoms with Gasteiger partial charge in [0.15, 0.2) is 17.5 Å². The van der Waals surface area contributed by atoms with Crippen molar-refractivity contribution in [1.82, 2.24) is 33.1 Å². The maximum Gasteiger partial charge on any atom is 0.266 e. The van der Waals surface area contributed by atoms with Gasteiger partial charge in [0.2, 0.25) is 0 Å². The molecular weight excluding hydrogens is 1300 g/mol. The zero-order chi connectivity index (χ0) is 70.0. The largest absolute Gasteiger partial charge is 0.456 e. The van der Waals surface area contributed by atoms with Crippen LogP contribution in [0.1, 0.15) is 0 Å². The van der Waals surface area contributed by atoms with Gasteiger partial charge < -0.3 is 17.6 Å². The fourth-order valence-corrected chi connectivity index (χ4v) is 17.9. The molecular formula is C98H58BN7O. The number of nitrogens with zero attached hydrogens (tertiary/aromatic N) is 7. The minimum absolute atomic E-state index is 0.174. The van der Waals surface area contributed by atoms with E-state index >= 15 is 0 Å². The summed E-state index contributed by atoms with van der Waals surface area (Å²) in [6.45, 7) is 0.174. The molecule has 0 fully saturated rings. The number of hydrogen-bond acceptors (Lipinski definition) is 5. The van der Waals surface area contributed by atoms with E-state index in [-0.39, 0.29) is 6.71 Å². The molecule has 9 aromatic heterocycles. The van der Waals surface area contributed by atoms with Gasteiger partial charge in [-0.25, -0.2) is 15.0 Å². The lowest BCUT2D eigenvalue weighted by Crippen LogP contribution is -2.50. The third kappa shape index (κ3) is 8.92. The molecule has 25 rings (SSSR count).